The van der Waals surface area contributed by atoms with E-state index in [4.69, 9.17) is 5.11 Å². The number of rotatable bonds is 4. The molecule has 0 aliphatic carbocycles. The molecule has 2 rings (SSSR count). The van der Waals surface area contributed by atoms with Crippen LogP contribution >= 0.6 is 0 Å². The van der Waals surface area contributed by atoms with Crippen molar-refractivity contribution in [1.29, 1.82) is 0 Å². The summed E-state index contributed by atoms with van der Waals surface area (Å²) < 4.78 is 1.84. The van der Waals surface area contributed by atoms with Gasteiger partial charge in [0.15, 0.2) is 11.5 Å². The van der Waals surface area contributed by atoms with Gasteiger partial charge in [-0.2, -0.15) is 0 Å². The third-order valence-corrected chi connectivity index (χ3v) is 2.47. The van der Waals surface area contributed by atoms with E-state index in [0.717, 1.165) is 16.7 Å². The fraction of sp³-hybridized carbons (Fsp3) is 0.462. The van der Waals surface area contributed by atoms with Crippen molar-refractivity contribution in [2.75, 3.05) is 18.5 Å². The quantitative estimate of drug-likeness (QED) is 0.822. The maximum atomic E-state index is 8.87. The van der Waals surface area contributed by atoms with Crippen molar-refractivity contribution in [2.24, 2.45) is 7.05 Å². The third kappa shape index (κ3) is 3.75. The molecular formula is C13H21N5O. The highest BCUT2D eigenvalue weighted by Crippen LogP contribution is 2.15. The van der Waals surface area contributed by atoms with E-state index in [1.807, 2.05) is 38.5 Å². The van der Waals surface area contributed by atoms with E-state index in [1.54, 1.807) is 6.33 Å². The van der Waals surface area contributed by atoms with Gasteiger partial charge in [-0.15, -0.1) is 0 Å². The van der Waals surface area contributed by atoms with E-state index in [0.29, 0.717) is 12.4 Å². The first kappa shape index (κ1) is 15.1. The van der Waals surface area contributed by atoms with Crippen molar-refractivity contribution in [3.63, 3.8) is 0 Å². The molecule has 104 valence electrons. The lowest BCUT2D eigenvalue weighted by Crippen LogP contribution is -2.03. The van der Waals surface area contributed by atoms with Crippen molar-refractivity contribution in [3.05, 3.63) is 24.3 Å². The molecule has 0 radical (unpaired) electrons. The van der Waals surface area contributed by atoms with Gasteiger partial charge in [-0.25, -0.2) is 15.0 Å². The zero-order valence-electron chi connectivity index (χ0n) is 11.9. The third-order valence-electron chi connectivity index (χ3n) is 2.47. The van der Waals surface area contributed by atoms with Gasteiger partial charge in [0.2, 0.25) is 0 Å². The van der Waals surface area contributed by atoms with Crippen LogP contribution in [0.25, 0.3) is 11.2 Å². The molecule has 0 aromatic carbocycles. The SMILES string of the molecule is C/C(=C\CNc1ncnc2c1ncn2C)CO.CC. The van der Waals surface area contributed by atoms with E-state index in [1.165, 1.54) is 6.33 Å². The van der Waals surface area contributed by atoms with Gasteiger partial charge in [0.1, 0.15) is 11.8 Å². The molecule has 0 bridgehead atoms. The molecule has 0 amide bonds. The summed E-state index contributed by atoms with van der Waals surface area (Å²) in [5.41, 5.74) is 2.47. The minimum Gasteiger partial charge on any atom is -0.392 e. The predicted octanol–water partition coefficient (Wildman–Crippen LogP) is 1.74. The predicted molar refractivity (Wildman–Crippen MR) is 77.0 cm³/mol. The summed E-state index contributed by atoms with van der Waals surface area (Å²) in [5.74, 6) is 0.706. The topological polar surface area (TPSA) is 75.9 Å². The van der Waals surface area contributed by atoms with Gasteiger partial charge in [0, 0.05) is 13.6 Å². The minimum absolute atomic E-state index is 0.0739. The molecule has 6 nitrogen and oxygen atoms in total. The van der Waals surface area contributed by atoms with Crippen LogP contribution in [-0.2, 0) is 7.05 Å². The Labute approximate surface area is 113 Å². The number of aromatic nitrogens is 4. The zero-order valence-corrected chi connectivity index (χ0v) is 11.9. The number of nitrogens with zero attached hydrogens (tertiary/aromatic N) is 4. The van der Waals surface area contributed by atoms with Crippen molar-refractivity contribution < 1.29 is 5.11 Å². The lowest BCUT2D eigenvalue weighted by molar-refractivity contribution is 0.331. The summed E-state index contributed by atoms with van der Waals surface area (Å²) in [7, 11) is 1.89. The Kier molecular flexibility index (Phi) is 5.95. The molecule has 0 saturated heterocycles. The molecule has 0 unspecified atom stereocenters. The van der Waals surface area contributed by atoms with Crippen LogP contribution < -0.4 is 5.32 Å². The molecule has 0 aliphatic rings. The van der Waals surface area contributed by atoms with Gasteiger partial charge < -0.3 is 15.0 Å². The first-order chi connectivity index (χ1) is 9.22. The Bertz CT molecular complexity index is 547. The van der Waals surface area contributed by atoms with Gasteiger partial charge in [-0.3, -0.25) is 0 Å². The lowest BCUT2D eigenvalue weighted by atomic mass is 10.3. The molecular weight excluding hydrogens is 242 g/mol. The Morgan fingerprint density at radius 2 is 2.11 bits per heavy atom. The zero-order chi connectivity index (χ0) is 14.3. The van der Waals surface area contributed by atoms with Crippen molar-refractivity contribution in [1.82, 2.24) is 19.5 Å². The largest absolute Gasteiger partial charge is 0.392 e. The highest BCUT2D eigenvalue weighted by Gasteiger charge is 2.06. The number of nitrogens with one attached hydrogen (secondary N) is 1. The van der Waals surface area contributed by atoms with Crippen LogP contribution in [0.3, 0.4) is 0 Å². The van der Waals surface area contributed by atoms with Gasteiger partial charge in [-0.05, 0) is 6.92 Å². The summed E-state index contributed by atoms with van der Waals surface area (Å²) >= 11 is 0. The second kappa shape index (κ2) is 7.48. The fourth-order valence-electron chi connectivity index (χ4n) is 1.46. The van der Waals surface area contributed by atoms with Crippen molar-refractivity contribution in [2.45, 2.75) is 20.8 Å². The van der Waals surface area contributed by atoms with Crippen LogP contribution in [0.1, 0.15) is 20.8 Å². The molecule has 19 heavy (non-hydrogen) atoms. The molecule has 2 N–H and O–H groups in total. The molecule has 0 saturated carbocycles. The van der Waals surface area contributed by atoms with Crippen LogP contribution in [0.5, 0.6) is 0 Å². The Hall–Kier alpha value is -1.95. The summed E-state index contributed by atoms with van der Waals surface area (Å²) in [6, 6.07) is 0. The summed E-state index contributed by atoms with van der Waals surface area (Å²) in [6.07, 6.45) is 5.13. The number of fused-ring (bicyclic) bond motifs is 1. The molecule has 2 aromatic heterocycles. The van der Waals surface area contributed by atoms with Crippen LogP contribution in [0.2, 0.25) is 0 Å². The maximum absolute atomic E-state index is 8.87. The number of imidazole rings is 1. The lowest BCUT2D eigenvalue weighted by Gasteiger charge is -2.03. The molecule has 2 heterocycles. The van der Waals surface area contributed by atoms with Gasteiger partial charge in [0.25, 0.3) is 0 Å². The first-order valence-electron chi connectivity index (χ1n) is 6.34. The number of aliphatic hydroxyl groups is 1. The normalized spacial score (nSPS) is 11.1. The monoisotopic (exact) mass is 263 g/mol. The standard InChI is InChI=1S/C11H15N5O.C2H6/c1-8(5-17)3-4-12-10-9-11(14-6-13-10)16(2)7-15-9;1-2/h3,6-7,17H,4-5H2,1-2H3,(H,12,13,14);1-2H3/b8-3+;. The number of aryl methyl sites for hydroxylation is 1. The summed E-state index contributed by atoms with van der Waals surface area (Å²) in [4.78, 5) is 12.5. The second-order valence-electron chi connectivity index (χ2n) is 3.84. The minimum atomic E-state index is 0.0739. The fourth-order valence-corrected chi connectivity index (χ4v) is 1.46. The van der Waals surface area contributed by atoms with E-state index < -0.39 is 0 Å². The molecule has 6 heteroatoms. The summed E-state index contributed by atoms with van der Waals surface area (Å²) in [6.45, 7) is 6.55. The average molecular weight is 263 g/mol. The van der Waals surface area contributed by atoms with E-state index in [2.05, 4.69) is 20.3 Å². The number of hydrogen-bond acceptors (Lipinski definition) is 5. The van der Waals surface area contributed by atoms with Gasteiger partial charge in [-0.1, -0.05) is 25.5 Å². The number of hydrogen-bond donors (Lipinski definition) is 2. The Morgan fingerprint density at radius 1 is 1.37 bits per heavy atom. The molecule has 0 fully saturated rings. The number of aliphatic hydroxyl groups excluding tert-OH is 1. The Morgan fingerprint density at radius 3 is 2.79 bits per heavy atom. The first-order valence-corrected chi connectivity index (χ1v) is 6.34. The van der Waals surface area contributed by atoms with Crippen LogP contribution in [0.15, 0.2) is 24.3 Å². The highest BCUT2D eigenvalue weighted by atomic mass is 16.3. The van der Waals surface area contributed by atoms with Gasteiger partial charge in [0.05, 0.1) is 12.9 Å². The van der Waals surface area contributed by atoms with E-state index in [9.17, 15) is 0 Å². The molecule has 2 aromatic rings. The number of anilines is 1. The summed E-state index contributed by atoms with van der Waals surface area (Å²) in [5, 5.41) is 12.0. The van der Waals surface area contributed by atoms with Crippen molar-refractivity contribution in [3.8, 4) is 0 Å². The van der Waals surface area contributed by atoms with Crippen LogP contribution in [0, 0.1) is 0 Å². The average Bonchev–Trinajstić information content (AvgIpc) is 2.83. The van der Waals surface area contributed by atoms with Crippen LogP contribution in [0.4, 0.5) is 5.82 Å². The molecule has 0 aliphatic heterocycles. The van der Waals surface area contributed by atoms with Gasteiger partial charge >= 0.3 is 0 Å². The van der Waals surface area contributed by atoms with E-state index >= 15 is 0 Å². The smallest absolute Gasteiger partial charge is 0.165 e. The maximum Gasteiger partial charge on any atom is 0.165 e. The Balaban J connectivity index is 0.000000861. The van der Waals surface area contributed by atoms with Crippen molar-refractivity contribution >= 4 is 17.0 Å². The van der Waals surface area contributed by atoms with E-state index in [-0.39, 0.29) is 6.61 Å². The molecule has 0 atom stereocenters. The second-order valence-corrected chi connectivity index (χ2v) is 3.84. The van der Waals surface area contributed by atoms with Crippen LogP contribution in [-0.4, -0.2) is 37.8 Å². The molecule has 0 spiro atoms. The highest BCUT2D eigenvalue weighted by molar-refractivity contribution is 5.82.